The molecule has 11 aromatic rings. The average molecular weight is 679 g/mol. The van der Waals surface area contributed by atoms with Crippen LogP contribution in [0.4, 0.5) is 17.1 Å². The van der Waals surface area contributed by atoms with Crippen LogP contribution in [0.1, 0.15) is 0 Å². The highest BCUT2D eigenvalue weighted by Gasteiger charge is 2.22. The maximum absolute atomic E-state index is 6.67. The first-order valence-electron chi connectivity index (χ1n) is 17.9. The second kappa shape index (κ2) is 11.7. The quantitative estimate of drug-likeness (QED) is 0.182. The molecule has 0 unspecified atom stereocenters. The molecule has 4 nitrogen and oxygen atoms in total. The lowest BCUT2D eigenvalue weighted by Crippen LogP contribution is -2.11. The van der Waals surface area contributed by atoms with Gasteiger partial charge in [0.2, 0.25) is 5.89 Å². The molecule has 0 radical (unpaired) electrons. The Morgan fingerprint density at radius 2 is 1.04 bits per heavy atom. The first kappa shape index (κ1) is 29.5. The van der Waals surface area contributed by atoms with E-state index in [2.05, 4.69) is 157 Å². The van der Waals surface area contributed by atoms with Gasteiger partial charge in [-0.1, -0.05) is 127 Å². The van der Waals surface area contributed by atoms with E-state index in [1.165, 1.54) is 27.1 Å². The second-order valence-corrected chi connectivity index (χ2v) is 13.5. The summed E-state index contributed by atoms with van der Waals surface area (Å²) in [4.78, 5) is 7.31. The third kappa shape index (κ3) is 4.73. The summed E-state index contributed by atoms with van der Waals surface area (Å²) in [6.45, 7) is 0. The number of rotatable bonds is 5. The van der Waals surface area contributed by atoms with Gasteiger partial charge in [0.05, 0.1) is 5.69 Å². The molecule has 9 aromatic carbocycles. The van der Waals surface area contributed by atoms with E-state index in [1.807, 2.05) is 30.3 Å². The van der Waals surface area contributed by atoms with Crippen molar-refractivity contribution in [2.24, 2.45) is 0 Å². The minimum atomic E-state index is 0.579. The Morgan fingerprint density at radius 3 is 1.94 bits per heavy atom. The summed E-state index contributed by atoms with van der Waals surface area (Å²) in [5, 5.41) is 8.97. The van der Waals surface area contributed by atoms with Crippen molar-refractivity contribution in [3.63, 3.8) is 0 Å². The number of nitrogens with zero attached hydrogens (tertiary/aromatic N) is 2. The van der Waals surface area contributed by atoms with Gasteiger partial charge >= 0.3 is 0 Å². The molecule has 0 N–H and O–H groups in total. The van der Waals surface area contributed by atoms with Gasteiger partial charge < -0.3 is 13.7 Å². The Hall–Kier alpha value is -7.17. The lowest BCUT2D eigenvalue weighted by atomic mass is 9.96. The molecule has 248 valence electrons. The van der Waals surface area contributed by atoms with Crippen LogP contribution in [0.25, 0.3) is 87.9 Å². The molecule has 0 spiro atoms. The Labute approximate surface area is 304 Å². The monoisotopic (exact) mass is 678 g/mol. The largest absolute Gasteiger partial charge is 0.456 e. The van der Waals surface area contributed by atoms with Crippen LogP contribution in [0.5, 0.6) is 0 Å². The van der Waals surface area contributed by atoms with E-state index < -0.39 is 0 Å². The maximum atomic E-state index is 6.67. The molecule has 53 heavy (non-hydrogen) atoms. The van der Waals surface area contributed by atoms with E-state index in [1.54, 1.807) is 0 Å². The number of fused-ring (bicyclic) bond motifs is 8. The van der Waals surface area contributed by atoms with Crippen LogP contribution in [0, 0.1) is 0 Å². The molecule has 4 heteroatoms. The normalized spacial score (nSPS) is 11.8. The van der Waals surface area contributed by atoms with Crippen molar-refractivity contribution in [2.75, 3.05) is 4.90 Å². The second-order valence-electron chi connectivity index (χ2n) is 13.5. The number of anilines is 3. The molecule has 0 saturated carbocycles. The van der Waals surface area contributed by atoms with Gasteiger partial charge in [0.1, 0.15) is 16.7 Å². The summed E-state index contributed by atoms with van der Waals surface area (Å²) in [6.07, 6.45) is 0. The lowest BCUT2D eigenvalue weighted by Gasteiger charge is -2.28. The first-order chi connectivity index (χ1) is 26.3. The third-order valence-electron chi connectivity index (χ3n) is 10.5. The van der Waals surface area contributed by atoms with Crippen LogP contribution in [-0.2, 0) is 0 Å². The number of oxazole rings is 1. The fraction of sp³-hybridized carbons (Fsp3) is 0. The van der Waals surface area contributed by atoms with Gasteiger partial charge in [0.25, 0.3) is 0 Å². The summed E-state index contributed by atoms with van der Waals surface area (Å²) in [6, 6.07) is 64.0. The van der Waals surface area contributed by atoms with Gasteiger partial charge in [0, 0.05) is 44.7 Å². The highest BCUT2D eigenvalue weighted by molar-refractivity contribution is 6.13. The van der Waals surface area contributed by atoms with E-state index in [0.29, 0.717) is 5.89 Å². The molecular formula is C49H30N2O2. The molecule has 0 atom stereocenters. The molecule has 0 bridgehead atoms. The van der Waals surface area contributed by atoms with E-state index in [4.69, 9.17) is 13.8 Å². The van der Waals surface area contributed by atoms with Crippen molar-refractivity contribution >= 4 is 82.4 Å². The minimum Gasteiger partial charge on any atom is -0.456 e. The maximum Gasteiger partial charge on any atom is 0.228 e. The van der Waals surface area contributed by atoms with Crippen molar-refractivity contribution in [1.29, 1.82) is 0 Å². The van der Waals surface area contributed by atoms with Crippen LogP contribution < -0.4 is 4.90 Å². The summed E-state index contributed by atoms with van der Waals surface area (Å²) >= 11 is 0. The van der Waals surface area contributed by atoms with Crippen LogP contribution in [-0.4, -0.2) is 4.98 Å². The van der Waals surface area contributed by atoms with Crippen molar-refractivity contribution in [3.8, 4) is 22.6 Å². The summed E-state index contributed by atoms with van der Waals surface area (Å²) in [7, 11) is 0. The standard InChI is InChI=1S/C49H30N2O2/c1-2-14-34-29-35(25-23-31(34)11-1)51(44-21-8-7-18-40(44)39-19-9-15-32-12-3-5-16-37(32)39)36-26-27-41-46(30-36)52-45-22-10-20-42(47(41)45)49-50-43-28-24-33-13-4-6-17-38(33)48(43)53-49/h1-30H. The van der Waals surface area contributed by atoms with Crippen LogP contribution in [0.15, 0.2) is 191 Å². The molecule has 11 rings (SSSR count). The van der Waals surface area contributed by atoms with Gasteiger partial charge in [0.15, 0.2) is 5.58 Å². The number of hydrogen-bond acceptors (Lipinski definition) is 4. The van der Waals surface area contributed by atoms with Crippen molar-refractivity contribution in [2.45, 2.75) is 0 Å². The topological polar surface area (TPSA) is 42.4 Å². The van der Waals surface area contributed by atoms with Gasteiger partial charge in [-0.05, 0) is 81.0 Å². The number of para-hydroxylation sites is 1. The van der Waals surface area contributed by atoms with Gasteiger partial charge in [-0.2, -0.15) is 0 Å². The Morgan fingerprint density at radius 1 is 0.396 bits per heavy atom. The zero-order valence-corrected chi connectivity index (χ0v) is 28.5. The van der Waals surface area contributed by atoms with E-state index in [9.17, 15) is 0 Å². The molecule has 0 fully saturated rings. The summed E-state index contributed by atoms with van der Waals surface area (Å²) in [5.41, 5.74) is 9.58. The highest BCUT2D eigenvalue weighted by atomic mass is 16.3. The smallest absolute Gasteiger partial charge is 0.228 e. The zero-order chi connectivity index (χ0) is 34.9. The Kier molecular flexibility index (Phi) is 6.52. The molecule has 0 aliphatic rings. The molecule has 0 aliphatic carbocycles. The molecule has 2 heterocycles. The minimum absolute atomic E-state index is 0.579. The fourth-order valence-electron chi connectivity index (χ4n) is 8.00. The van der Waals surface area contributed by atoms with Crippen molar-refractivity contribution in [3.05, 3.63) is 182 Å². The van der Waals surface area contributed by atoms with Gasteiger partial charge in [-0.25, -0.2) is 4.98 Å². The molecule has 2 aromatic heterocycles. The van der Waals surface area contributed by atoms with Crippen LogP contribution >= 0.6 is 0 Å². The first-order valence-corrected chi connectivity index (χ1v) is 17.9. The predicted octanol–water partition coefficient (Wildman–Crippen LogP) is 14.0. The van der Waals surface area contributed by atoms with Crippen LogP contribution in [0.2, 0.25) is 0 Å². The third-order valence-corrected chi connectivity index (χ3v) is 10.5. The molecule has 0 saturated heterocycles. The highest BCUT2D eigenvalue weighted by Crippen LogP contribution is 2.45. The van der Waals surface area contributed by atoms with Gasteiger partial charge in [-0.15, -0.1) is 0 Å². The SMILES string of the molecule is c1ccc(N(c2ccc3ccccc3c2)c2ccc3c(c2)oc2cccc(-c4nc5ccc6ccccc6c5o4)c23)c(-c2cccc3ccccc23)c1. The average Bonchev–Trinajstić information content (AvgIpc) is 3.83. The number of hydrogen-bond donors (Lipinski definition) is 0. The Balaban J connectivity index is 1.12. The van der Waals surface area contributed by atoms with Crippen molar-refractivity contribution in [1.82, 2.24) is 4.98 Å². The van der Waals surface area contributed by atoms with E-state index >= 15 is 0 Å². The number of furan rings is 1. The summed E-state index contributed by atoms with van der Waals surface area (Å²) in [5.74, 6) is 0.579. The zero-order valence-electron chi connectivity index (χ0n) is 28.5. The van der Waals surface area contributed by atoms with E-state index in [0.717, 1.165) is 72.0 Å². The fourth-order valence-corrected chi connectivity index (χ4v) is 8.00. The summed E-state index contributed by atoms with van der Waals surface area (Å²) < 4.78 is 13.2. The lowest BCUT2D eigenvalue weighted by molar-refractivity contribution is 0.623. The van der Waals surface area contributed by atoms with Crippen LogP contribution in [0.3, 0.4) is 0 Å². The Bertz CT molecular complexity index is 3200. The molecular weight excluding hydrogens is 649 g/mol. The molecule has 0 aliphatic heterocycles. The van der Waals surface area contributed by atoms with Crippen molar-refractivity contribution < 1.29 is 8.83 Å². The van der Waals surface area contributed by atoms with E-state index in [-0.39, 0.29) is 0 Å². The number of aromatic nitrogens is 1. The number of benzene rings is 9. The molecule has 0 amide bonds. The predicted molar refractivity (Wildman–Crippen MR) is 219 cm³/mol. The van der Waals surface area contributed by atoms with Gasteiger partial charge in [-0.3, -0.25) is 0 Å².